The fraction of sp³-hybridized carbons (Fsp3) is 0.286. The molecule has 0 radical (unpaired) electrons. The van der Waals surface area contributed by atoms with Gasteiger partial charge in [-0.15, -0.1) is 13.2 Å². The van der Waals surface area contributed by atoms with E-state index in [1.807, 2.05) is 0 Å². The fourth-order valence-corrected chi connectivity index (χ4v) is 5.44. The van der Waals surface area contributed by atoms with Gasteiger partial charge in [0.25, 0.3) is 5.56 Å². The first-order chi connectivity index (χ1) is 18.1. The number of alkyl halides is 3. The van der Waals surface area contributed by atoms with E-state index in [0.29, 0.717) is 5.52 Å². The van der Waals surface area contributed by atoms with Crippen molar-refractivity contribution in [2.24, 2.45) is 5.41 Å². The maximum atomic E-state index is 13.5. The van der Waals surface area contributed by atoms with Crippen LogP contribution >= 0.6 is 0 Å². The molecular formula is C28H28F3N3O4S. The quantitative estimate of drug-likeness (QED) is 0.304. The standard InChI is InChI=1S/C28H28F3N3O4S/c1-18(33-39(36,37)22-15-9-19(10-16-22)17-27(2,3)4)25-32-24-8-6-5-7-23(24)26(35)34(25)20-11-13-21(14-12-20)38-28(29,30)31/h5-16,18,33H,17H2,1-4H3. The van der Waals surface area contributed by atoms with Crippen molar-refractivity contribution in [1.82, 2.24) is 14.3 Å². The minimum atomic E-state index is -4.87. The molecule has 1 heterocycles. The molecule has 0 saturated heterocycles. The zero-order chi connectivity index (χ0) is 28.6. The maximum absolute atomic E-state index is 13.5. The Balaban J connectivity index is 1.72. The van der Waals surface area contributed by atoms with Gasteiger partial charge in [0.15, 0.2) is 0 Å². The second kappa shape index (κ2) is 10.5. The Morgan fingerprint density at radius 1 is 0.949 bits per heavy atom. The largest absolute Gasteiger partial charge is 0.573 e. The van der Waals surface area contributed by atoms with Crippen molar-refractivity contribution in [3.63, 3.8) is 0 Å². The number of hydrogen-bond acceptors (Lipinski definition) is 5. The number of aromatic nitrogens is 2. The highest BCUT2D eigenvalue weighted by Crippen LogP contribution is 2.26. The van der Waals surface area contributed by atoms with Crippen LogP contribution in [0, 0.1) is 5.41 Å². The molecule has 0 aliphatic rings. The Morgan fingerprint density at radius 3 is 2.15 bits per heavy atom. The van der Waals surface area contributed by atoms with Crippen molar-refractivity contribution in [3.05, 3.63) is 94.5 Å². The fourth-order valence-electron chi connectivity index (χ4n) is 4.24. The molecular weight excluding hydrogens is 531 g/mol. The van der Waals surface area contributed by atoms with Crippen molar-refractivity contribution in [2.45, 2.75) is 51.4 Å². The molecule has 39 heavy (non-hydrogen) atoms. The first-order valence-electron chi connectivity index (χ1n) is 12.1. The number of halogens is 3. The van der Waals surface area contributed by atoms with Crippen LogP contribution in [0.4, 0.5) is 13.2 Å². The lowest BCUT2D eigenvalue weighted by Gasteiger charge is -2.20. The van der Waals surface area contributed by atoms with Crippen molar-refractivity contribution in [2.75, 3.05) is 0 Å². The van der Waals surface area contributed by atoms with Crippen LogP contribution in [-0.2, 0) is 16.4 Å². The van der Waals surface area contributed by atoms with Gasteiger partial charge in [-0.25, -0.2) is 18.1 Å². The summed E-state index contributed by atoms with van der Waals surface area (Å²) in [5.41, 5.74) is 1.08. The van der Waals surface area contributed by atoms with Crippen LogP contribution < -0.4 is 15.0 Å². The van der Waals surface area contributed by atoms with Crippen LogP contribution in [0.1, 0.15) is 45.1 Å². The summed E-state index contributed by atoms with van der Waals surface area (Å²) in [6.45, 7) is 7.81. The first kappa shape index (κ1) is 28.3. The Labute approximate surface area is 224 Å². The van der Waals surface area contributed by atoms with Crippen molar-refractivity contribution < 1.29 is 26.3 Å². The van der Waals surface area contributed by atoms with E-state index < -0.39 is 33.7 Å². The van der Waals surface area contributed by atoms with E-state index in [1.165, 1.54) is 28.8 Å². The zero-order valence-corrected chi connectivity index (χ0v) is 22.6. The third-order valence-corrected chi connectivity index (χ3v) is 7.37. The Morgan fingerprint density at radius 2 is 1.56 bits per heavy atom. The van der Waals surface area contributed by atoms with Gasteiger partial charge in [-0.2, -0.15) is 0 Å². The summed E-state index contributed by atoms with van der Waals surface area (Å²) in [5.74, 6) is -0.394. The molecule has 1 unspecified atom stereocenters. The van der Waals surface area contributed by atoms with Crippen molar-refractivity contribution in [1.29, 1.82) is 0 Å². The Hall–Kier alpha value is -3.70. The van der Waals surface area contributed by atoms with Crippen LogP contribution in [-0.4, -0.2) is 24.3 Å². The predicted octanol–water partition coefficient (Wildman–Crippen LogP) is 5.91. The summed E-state index contributed by atoms with van der Waals surface area (Å²) in [7, 11) is -4.01. The number of sulfonamides is 1. The number of nitrogens with zero attached hydrogens (tertiary/aromatic N) is 2. The van der Waals surface area contributed by atoms with Gasteiger partial charge in [0, 0.05) is 0 Å². The van der Waals surface area contributed by atoms with Crippen LogP contribution in [0.2, 0.25) is 0 Å². The number of hydrogen-bond donors (Lipinski definition) is 1. The highest BCUT2D eigenvalue weighted by atomic mass is 32.2. The Bertz CT molecular complexity index is 1640. The van der Waals surface area contributed by atoms with E-state index in [9.17, 15) is 26.4 Å². The van der Waals surface area contributed by atoms with E-state index in [4.69, 9.17) is 0 Å². The molecule has 0 amide bonds. The summed E-state index contributed by atoms with van der Waals surface area (Å²) in [5, 5.41) is 0.265. The van der Waals surface area contributed by atoms with Gasteiger partial charge in [0.05, 0.1) is 27.5 Å². The van der Waals surface area contributed by atoms with Crippen LogP contribution in [0.5, 0.6) is 5.75 Å². The number of fused-ring (bicyclic) bond motifs is 1. The van der Waals surface area contributed by atoms with E-state index in [0.717, 1.165) is 24.1 Å². The molecule has 3 aromatic carbocycles. The second-order valence-corrected chi connectivity index (χ2v) is 12.1. The van der Waals surface area contributed by atoms with Gasteiger partial charge in [-0.1, -0.05) is 45.0 Å². The molecule has 1 aromatic heterocycles. The van der Waals surface area contributed by atoms with E-state index in [-0.39, 0.29) is 27.2 Å². The summed E-state index contributed by atoms with van der Waals surface area (Å²) in [6.07, 6.45) is -4.09. The average Bonchev–Trinajstić information content (AvgIpc) is 2.83. The van der Waals surface area contributed by atoms with Crippen molar-refractivity contribution >= 4 is 20.9 Å². The lowest BCUT2D eigenvalue weighted by Crippen LogP contribution is -2.33. The molecule has 1 atom stereocenters. The minimum absolute atomic E-state index is 0.0373. The molecule has 0 aliphatic carbocycles. The minimum Gasteiger partial charge on any atom is -0.406 e. The topological polar surface area (TPSA) is 90.3 Å². The lowest BCUT2D eigenvalue weighted by molar-refractivity contribution is -0.274. The molecule has 0 aliphatic heterocycles. The van der Waals surface area contributed by atoms with Gasteiger partial charge in [0.2, 0.25) is 10.0 Å². The zero-order valence-electron chi connectivity index (χ0n) is 21.8. The summed E-state index contributed by atoms with van der Waals surface area (Å²) in [4.78, 5) is 18.1. The van der Waals surface area contributed by atoms with Crippen LogP contribution in [0.3, 0.4) is 0 Å². The van der Waals surface area contributed by atoms with Crippen LogP contribution in [0.15, 0.2) is 82.5 Å². The maximum Gasteiger partial charge on any atom is 0.573 e. The molecule has 4 rings (SSSR count). The predicted molar refractivity (Wildman–Crippen MR) is 142 cm³/mol. The molecule has 1 N–H and O–H groups in total. The molecule has 4 aromatic rings. The van der Waals surface area contributed by atoms with Gasteiger partial charge in [0.1, 0.15) is 11.6 Å². The van der Waals surface area contributed by atoms with E-state index >= 15 is 0 Å². The molecule has 0 spiro atoms. The number of nitrogens with one attached hydrogen (secondary N) is 1. The average molecular weight is 560 g/mol. The number of rotatable bonds is 7. The first-order valence-corrected chi connectivity index (χ1v) is 13.6. The van der Waals surface area contributed by atoms with Gasteiger partial charge >= 0.3 is 6.36 Å². The van der Waals surface area contributed by atoms with E-state index in [1.54, 1.807) is 43.3 Å². The molecule has 11 heteroatoms. The van der Waals surface area contributed by atoms with Gasteiger partial charge < -0.3 is 4.74 Å². The summed E-state index contributed by atoms with van der Waals surface area (Å²) >= 11 is 0. The number of ether oxygens (including phenoxy) is 1. The SMILES string of the molecule is CC(NS(=O)(=O)c1ccc(CC(C)(C)C)cc1)c1nc2ccccc2c(=O)n1-c1ccc(OC(F)(F)F)cc1. The molecule has 7 nitrogen and oxygen atoms in total. The molecule has 0 saturated carbocycles. The highest BCUT2D eigenvalue weighted by molar-refractivity contribution is 7.89. The molecule has 0 bridgehead atoms. The second-order valence-electron chi connectivity index (χ2n) is 10.4. The normalized spacial score (nSPS) is 13.4. The molecule has 0 fully saturated rings. The van der Waals surface area contributed by atoms with Crippen LogP contribution in [0.25, 0.3) is 16.6 Å². The number of para-hydroxylation sites is 1. The highest BCUT2D eigenvalue weighted by Gasteiger charge is 2.31. The number of benzene rings is 3. The van der Waals surface area contributed by atoms with Gasteiger partial charge in [-0.05, 0) is 72.9 Å². The molecule has 206 valence electrons. The summed E-state index contributed by atoms with van der Waals surface area (Å²) in [6, 6.07) is 16.8. The van der Waals surface area contributed by atoms with E-state index in [2.05, 4.69) is 35.2 Å². The van der Waals surface area contributed by atoms with Crippen molar-refractivity contribution in [3.8, 4) is 11.4 Å². The van der Waals surface area contributed by atoms with Gasteiger partial charge in [-0.3, -0.25) is 9.36 Å². The lowest BCUT2D eigenvalue weighted by atomic mass is 9.88. The third-order valence-electron chi connectivity index (χ3n) is 5.82. The Kier molecular flexibility index (Phi) is 7.59. The third kappa shape index (κ3) is 6.85. The smallest absolute Gasteiger partial charge is 0.406 e. The summed E-state index contributed by atoms with van der Waals surface area (Å²) < 4.78 is 72.0. The monoisotopic (exact) mass is 559 g/mol.